The third kappa shape index (κ3) is 3.61. The molecule has 0 aliphatic carbocycles. The average Bonchev–Trinajstić information content (AvgIpc) is 2.58. The van der Waals surface area contributed by atoms with Gasteiger partial charge in [-0.25, -0.2) is 0 Å². The maximum atomic E-state index is 8.90. The van der Waals surface area contributed by atoms with Gasteiger partial charge in [0.05, 0.1) is 31.9 Å². The van der Waals surface area contributed by atoms with Gasteiger partial charge in [0, 0.05) is 17.8 Å². The number of nitriles is 1. The Morgan fingerprint density at radius 1 is 1.04 bits per heavy atom. The summed E-state index contributed by atoms with van der Waals surface area (Å²) in [6.07, 6.45) is 0. The number of nitrogens with zero attached hydrogens (tertiary/aromatic N) is 1. The molecule has 0 saturated heterocycles. The summed E-state index contributed by atoms with van der Waals surface area (Å²) in [5, 5.41) is 12.6. The van der Waals surface area contributed by atoms with Crippen LogP contribution in [0.2, 0.25) is 5.02 Å². The van der Waals surface area contributed by atoms with Gasteiger partial charge in [-0.1, -0.05) is 11.6 Å². The number of hydrogen-bond acceptors (Lipinski definition) is 5. The molecule has 0 saturated carbocycles. The molecule has 0 fully saturated rings. The van der Waals surface area contributed by atoms with Crippen LogP contribution in [0, 0.1) is 11.3 Å². The van der Waals surface area contributed by atoms with Crippen molar-refractivity contribution in [1.82, 2.24) is 0 Å². The zero-order chi connectivity index (χ0) is 16.8. The van der Waals surface area contributed by atoms with E-state index in [1.165, 1.54) is 0 Å². The molecule has 2 aromatic rings. The van der Waals surface area contributed by atoms with Crippen LogP contribution in [0.5, 0.6) is 17.2 Å². The second-order valence-electron chi connectivity index (χ2n) is 4.65. The summed E-state index contributed by atoms with van der Waals surface area (Å²) in [6.45, 7) is 0.506. The van der Waals surface area contributed by atoms with E-state index >= 15 is 0 Å². The molecule has 0 spiro atoms. The molecule has 5 nitrogen and oxygen atoms in total. The summed E-state index contributed by atoms with van der Waals surface area (Å²) < 4.78 is 16.1. The predicted molar refractivity (Wildman–Crippen MR) is 89.6 cm³/mol. The number of rotatable bonds is 6. The van der Waals surface area contributed by atoms with Crippen molar-refractivity contribution in [3.8, 4) is 23.3 Å². The van der Waals surface area contributed by atoms with E-state index in [1.807, 2.05) is 18.2 Å². The first kappa shape index (κ1) is 16.8. The SMILES string of the molecule is COc1ccc(CNc2ccc(C#N)c(Cl)c2)c(OC)c1OC. The summed E-state index contributed by atoms with van der Waals surface area (Å²) in [4.78, 5) is 0. The Balaban J connectivity index is 2.24. The number of halogens is 1. The van der Waals surface area contributed by atoms with Crippen LogP contribution in [-0.4, -0.2) is 21.3 Å². The first-order valence-corrected chi connectivity index (χ1v) is 7.23. The van der Waals surface area contributed by atoms with Crippen molar-refractivity contribution in [1.29, 1.82) is 5.26 Å². The van der Waals surface area contributed by atoms with Crippen LogP contribution in [0.3, 0.4) is 0 Å². The molecule has 0 heterocycles. The lowest BCUT2D eigenvalue weighted by atomic mass is 10.1. The van der Waals surface area contributed by atoms with Crippen LogP contribution in [0.25, 0.3) is 0 Å². The second-order valence-corrected chi connectivity index (χ2v) is 5.06. The Kier molecular flexibility index (Phi) is 5.56. The van der Waals surface area contributed by atoms with Crippen molar-refractivity contribution in [2.24, 2.45) is 0 Å². The fourth-order valence-electron chi connectivity index (χ4n) is 2.22. The minimum absolute atomic E-state index is 0.414. The average molecular weight is 333 g/mol. The molecule has 0 aliphatic rings. The third-order valence-corrected chi connectivity index (χ3v) is 3.67. The van der Waals surface area contributed by atoms with Gasteiger partial charge < -0.3 is 19.5 Å². The lowest BCUT2D eigenvalue weighted by molar-refractivity contribution is 0.322. The molecule has 0 radical (unpaired) electrons. The Hall–Kier alpha value is -2.58. The third-order valence-electron chi connectivity index (χ3n) is 3.36. The van der Waals surface area contributed by atoms with Crippen molar-refractivity contribution >= 4 is 17.3 Å². The van der Waals surface area contributed by atoms with Crippen LogP contribution >= 0.6 is 11.6 Å². The van der Waals surface area contributed by atoms with E-state index in [4.69, 9.17) is 31.1 Å². The van der Waals surface area contributed by atoms with Gasteiger partial charge in [0.15, 0.2) is 11.5 Å². The Morgan fingerprint density at radius 2 is 1.78 bits per heavy atom. The molecule has 2 aromatic carbocycles. The Morgan fingerprint density at radius 3 is 2.35 bits per heavy atom. The van der Waals surface area contributed by atoms with Crippen LogP contribution < -0.4 is 19.5 Å². The van der Waals surface area contributed by atoms with Gasteiger partial charge in [0.25, 0.3) is 0 Å². The highest BCUT2D eigenvalue weighted by molar-refractivity contribution is 6.32. The number of nitrogens with one attached hydrogen (secondary N) is 1. The highest BCUT2D eigenvalue weighted by Gasteiger charge is 2.15. The van der Waals surface area contributed by atoms with Crippen molar-refractivity contribution in [3.63, 3.8) is 0 Å². The molecular formula is C17H17ClN2O3. The summed E-state index contributed by atoms with van der Waals surface area (Å²) in [5.41, 5.74) is 2.16. The molecule has 0 amide bonds. The largest absolute Gasteiger partial charge is 0.493 e. The van der Waals surface area contributed by atoms with Gasteiger partial charge in [-0.15, -0.1) is 0 Å². The van der Waals surface area contributed by atoms with Crippen molar-refractivity contribution < 1.29 is 14.2 Å². The van der Waals surface area contributed by atoms with E-state index in [9.17, 15) is 0 Å². The van der Waals surface area contributed by atoms with E-state index < -0.39 is 0 Å². The molecule has 0 bridgehead atoms. The molecule has 0 aliphatic heterocycles. The standard InChI is InChI=1S/C17H17ClN2O3/c1-21-15-7-5-12(16(22-2)17(15)23-3)10-20-13-6-4-11(9-19)14(18)8-13/h4-8,20H,10H2,1-3H3. The normalized spacial score (nSPS) is 9.87. The number of ether oxygens (including phenoxy) is 3. The molecule has 0 aromatic heterocycles. The smallest absolute Gasteiger partial charge is 0.203 e. The lowest BCUT2D eigenvalue weighted by Crippen LogP contribution is -2.04. The molecule has 120 valence electrons. The molecule has 0 unspecified atom stereocenters. The summed E-state index contributed by atoms with van der Waals surface area (Å²) >= 11 is 6.03. The Labute approximate surface area is 140 Å². The van der Waals surface area contributed by atoms with E-state index in [1.54, 1.807) is 39.5 Å². The number of hydrogen-bond donors (Lipinski definition) is 1. The highest BCUT2D eigenvalue weighted by Crippen LogP contribution is 2.40. The topological polar surface area (TPSA) is 63.5 Å². The number of benzene rings is 2. The molecule has 0 atom stereocenters. The molecular weight excluding hydrogens is 316 g/mol. The molecule has 1 N–H and O–H groups in total. The molecule has 2 rings (SSSR count). The minimum atomic E-state index is 0.414. The van der Waals surface area contributed by atoms with E-state index in [0.29, 0.717) is 34.4 Å². The summed E-state index contributed by atoms with van der Waals surface area (Å²) in [6, 6.07) is 11.0. The lowest BCUT2D eigenvalue weighted by Gasteiger charge is -2.16. The van der Waals surface area contributed by atoms with Crippen LogP contribution in [0.1, 0.15) is 11.1 Å². The minimum Gasteiger partial charge on any atom is -0.493 e. The van der Waals surface area contributed by atoms with Crippen LogP contribution in [0.4, 0.5) is 5.69 Å². The van der Waals surface area contributed by atoms with E-state index in [-0.39, 0.29) is 0 Å². The molecule has 6 heteroatoms. The first-order valence-electron chi connectivity index (χ1n) is 6.86. The maximum absolute atomic E-state index is 8.90. The fraction of sp³-hybridized carbons (Fsp3) is 0.235. The van der Waals surface area contributed by atoms with E-state index in [2.05, 4.69) is 5.32 Å². The van der Waals surface area contributed by atoms with Gasteiger partial charge in [-0.3, -0.25) is 0 Å². The highest BCUT2D eigenvalue weighted by atomic mass is 35.5. The van der Waals surface area contributed by atoms with Crippen LogP contribution in [-0.2, 0) is 6.54 Å². The Bertz CT molecular complexity index is 741. The first-order chi connectivity index (χ1) is 11.1. The predicted octanol–water partition coefficient (Wildman–Crippen LogP) is 3.85. The van der Waals surface area contributed by atoms with Gasteiger partial charge in [-0.05, 0) is 30.3 Å². The number of anilines is 1. The fourth-order valence-corrected chi connectivity index (χ4v) is 2.44. The second kappa shape index (κ2) is 7.61. The quantitative estimate of drug-likeness (QED) is 0.870. The van der Waals surface area contributed by atoms with Gasteiger partial charge >= 0.3 is 0 Å². The van der Waals surface area contributed by atoms with Gasteiger partial charge in [0.2, 0.25) is 5.75 Å². The maximum Gasteiger partial charge on any atom is 0.203 e. The monoisotopic (exact) mass is 332 g/mol. The zero-order valence-electron chi connectivity index (χ0n) is 13.1. The van der Waals surface area contributed by atoms with Crippen molar-refractivity contribution in [2.45, 2.75) is 6.54 Å². The van der Waals surface area contributed by atoms with E-state index in [0.717, 1.165) is 11.3 Å². The summed E-state index contributed by atoms with van der Waals surface area (Å²) in [7, 11) is 4.73. The van der Waals surface area contributed by atoms with Crippen molar-refractivity contribution in [3.05, 3.63) is 46.5 Å². The zero-order valence-corrected chi connectivity index (χ0v) is 13.9. The molecule has 23 heavy (non-hydrogen) atoms. The van der Waals surface area contributed by atoms with Gasteiger partial charge in [0.1, 0.15) is 6.07 Å². The summed E-state index contributed by atoms with van der Waals surface area (Å²) in [5.74, 6) is 1.76. The van der Waals surface area contributed by atoms with Crippen molar-refractivity contribution in [2.75, 3.05) is 26.6 Å². The van der Waals surface area contributed by atoms with Gasteiger partial charge in [-0.2, -0.15) is 5.26 Å². The number of methoxy groups -OCH3 is 3. The van der Waals surface area contributed by atoms with Crippen LogP contribution in [0.15, 0.2) is 30.3 Å².